The Balaban J connectivity index is 2.92. The zero-order valence-electron chi connectivity index (χ0n) is 10.7. The van der Waals surface area contributed by atoms with E-state index in [0.717, 1.165) is 0 Å². The van der Waals surface area contributed by atoms with Crippen molar-refractivity contribution in [3.63, 3.8) is 0 Å². The first-order valence-corrected chi connectivity index (χ1v) is 5.86. The van der Waals surface area contributed by atoms with Gasteiger partial charge in [0.15, 0.2) is 0 Å². The smallest absolute Gasteiger partial charge is 0.422 e. The highest BCUT2D eigenvalue weighted by Crippen LogP contribution is 2.34. The maximum Gasteiger partial charge on any atom is 0.422 e. The first-order valence-electron chi connectivity index (χ1n) is 5.86. The summed E-state index contributed by atoms with van der Waals surface area (Å²) in [5.74, 6) is -3.00. The summed E-state index contributed by atoms with van der Waals surface area (Å²) in [6.45, 7) is 3.03. The van der Waals surface area contributed by atoms with Crippen molar-refractivity contribution in [1.82, 2.24) is 10.6 Å². The van der Waals surface area contributed by atoms with Crippen molar-refractivity contribution in [2.75, 3.05) is 13.1 Å². The molecule has 8 heteroatoms. The molecule has 5 nitrogen and oxygen atoms in total. The summed E-state index contributed by atoms with van der Waals surface area (Å²) >= 11 is 0. The molecule has 0 aromatic carbocycles. The Bertz CT molecular complexity index is 378. The third kappa shape index (κ3) is 2.99. The number of amides is 1. The average Bonchev–Trinajstić information content (AvgIpc) is 2.28. The van der Waals surface area contributed by atoms with Crippen LogP contribution in [0.4, 0.5) is 13.2 Å². The molecule has 0 aliphatic carbocycles. The van der Waals surface area contributed by atoms with Crippen LogP contribution in [0.5, 0.6) is 0 Å². The van der Waals surface area contributed by atoms with Crippen LogP contribution >= 0.6 is 0 Å². The highest BCUT2D eigenvalue weighted by atomic mass is 19.4. The van der Waals surface area contributed by atoms with Gasteiger partial charge in [-0.3, -0.25) is 4.79 Å². The van der Waals surface area contributed by atoms with E-state index in [2.05, 4.69) is 5.32 Å². The lowest BCUT2D eigenvalue weighted by Gasteiger charge is -2.36. The molecule has 0 spiro atoms. The lowest BCUT2D eigenvalue weighted by atomic mass is 9.79. The lowest BCUT2D eigenvalue weighted by Crippen LogP contribution is -2.64. The summed E-state index contributed by atoms with van der Waals surface area (Å²) in [6.07, 6.45) is -4.32. The minimum absolute atomic E-state index is 0.367. The molecule has 1 heterocycles. The molecule has 3 N–H and O–H groups in total. The largest absolute Gasteiger partial charge is 0.479 e. The Morgan fingerprint density at radius 2 is 1.74 bits per heavy atom. The molecule has 19 heavy (non-hydrogen) atoms. The van der Waals surface area contributed by atoms with E-state index in [1.165, 1.54) is 0 Å². The number of hydrogen-bond acceptors (Lipinski definition) is 3. The maximum absolute atomic E-state index is 12.8. The van der Waals surface area contributed by atoms with Crippen molar-refractivity contribution < 1.29 is 27.9 Å². The summed E-state index contributed by atoms with van der Waals surface area (Å²) in [5.41, 5.74) is -4.24. The van der Waals surface area contributed by atoms with Crippen molar-refractivity contribution in [3.05, 3.63) is 0 Å². The second kappa shape index (κ2) is 4.99. The molecule has 0 radical (unpaired) electrons. The quantitative estimate of drug-likeness (QED) is 0.718. The van der Waals surface area contributed by atoms with Crippen molar-refractivity contribution in [1.29, 1.82) is 0 Å². The van der Waals surface area contributed by atoms with Crippen molar-refractivity contribution in [3.8, 4) is 0 Å². The third-order valence-corrected chi connectivity index (χ3v) is 3.61. The summed E-state index contributed by atoms with van der Waals surface area (Å²) in [7, 11) is 0. The highest BCUT2D eigenvalue weighted by Gasteiger charge is 2.59. The summed E-state index contributed by atoms with van der Waals surface area (Å²) < 4.78 is 38.4. The Hall–Kier alpha value is -1.31. The minimum Gasteiger partial charge on any atom is -0.479 e. The van der Waals surface area contributed by atoms with Crippen LogP contribution in [0.2, 0.25) is 0 Å². The number of carboxylic acids is 1. The Labute approximate surface area is 108 Å². The first kappa shape index (κ1) is 15.7. The number of carbonyl (C=O) groups is 2. The van der Waals surface area contributed by atoms with E-state index in [9.17, 15) is 22.8 Å². The van der Waals surface area contributed by atoms with Gasteiger partial charge in [0.25, 0.3) is 0 Å². The number of carboxylic acid groups (broad SMARTS) is 1. The molecular formula is C11H17F3N2O3. The van der Waals surface area contributed by atoms with Crippen LogP contribution in [0.3, 0.4) is 0 Å². The van der Waals surface area contributed by atoms with Crippen LogP contribution in [-0.2, 0) is 9.59 Å². The average molecular weight is 282 g/mol. The van der Waals surface area contributed by atoms with Gasteiger partial charge in [0, 0.05) is 5.41 Å². The summed E-state index contributed by atoms with van der Waals surface area (Å²) in [5, 5.41) is 13.4. The second-order valence-corrected chi connectivity index (χ2v) is 5.19. The molecule has 1 rings (SSSR count). The molecular weight excluding hydrogens is 265 g/mol. The molecule has 1 fully saturated rings. The van der Waals surface area contributed by atoms with Crippen molar-refractivity contribution in [2.24, 2.45) is 5.41 Å². The number of hydrogen-bond donors (Lipinski definition) is 3. The normalized spacial score (nSPS) is 22.4. The zero-order valence-corrected chi connectivity index (χ0v) is 10.7. The standard InChI is InChI=1S/C11H17F3N2O3/c1-9(3-5-15-6-4-9)7(17)16-10(2,8(18)19)11(12,13)14/h15H,3-6H2,1-2H3,(H,16,17)(H,18,19). The van der Waals surface area contributed by atoms with Gasteiger partial charge < -0.3 is 15.7 Å². The van der Waals surface area contributed by atoms with E-state index < -0.39 is 29.0 Å². The van der Waals surface area contributed by atoms with Gasteiger partial charge in [-0.2, -0.15) is 13.2 Å². The first-order chi connectivity index (χ1) is 8.53. The predicted molar refractivity (Wildman–Crippen MR) is 60.4 cm³/mol. The third-order valence-electron chi connectivity index (χ3n) is 3.61. The molecule has 1 unspecified atom stereocenters. The molecule has 1 saturated heterocycles. The number of alkyl halides is 3. The van der Waals surface area contributed by atoms with E-state index in [0.29, 0.717) is 32.9 Å². The lowest BCUT2D eigenvalue weighted by molar-refractivity contribution is -0.208. The Kier molecular flexibility index (Phi) is 4.14. The van der Waals surface area contributed by atoms with E-state index in [4.69, 9.17) is 5.11 Å². The maximum atomic E-state index is 12.8. The molecule has 0 bridgehead atoms. The number of rotatable bonds is 3. The van der Waals surface area contributed by atoms with Crippen LogP contribution in [0.15, 0.2) is 0 Å². The van der Waals surface area contributed by atoms with Crippen molar-refractivity contribution >= 4 is 11.9 Å². The fraction of sp³-hybridized carbons (Fsp3) is 0.818. The van der Waals surface area contributed by atoms with Gasteiger partial charge in [0.2, 0.25) is 11.4 Å². The molecule has 1 amide bonds. The van der Waals surface area contributed by atoms with Crippen LogP contribution in [-0.4, -0.2) is 41.8 Å². The van der Waals surface area contributed by atoms with E-state index >= 15 is 0 Å². The van der Waals surface area contributed by atoms with Crippen LogP contribution in [0.25, 0.3) is 0 Å². The second-order valence-electron chi connectivity index (χ2n) is 5.19. The molecule has 110 valence electrons. The molecule has 0 aromatic rings. The molecule has 1 atom stereocenters. The molecule has 0 aromatic heterocycles. The SMILES string of the molecule is CC1(C(=O)NC(C)(C(=O)O)C(F)(F)F)CCNCC1. The zero-order chi connectivity index (χ0) is 14.9. The van der Waals surface area contributed by atoms with E-state index in [1.54, 1.807) is 12.2 Å². The fourth-order valence-corrected chi connectivity index (χ4v) is 1.83. The number of nitrogens with one attached hydrogen (secondary N) is 2. The van der Waals surface area contributed by atoms with Gasteiger partial charge >= 0.3 is 12.1 Å². The van der Waals surface area contributed by atoms with Crippen LogP contribution in [0, 0.1) is 5.41 Å². The number of aliphatic carboxylic acids is 1. The van der Waals surface area contributed by atoms with Gasteiger partial charge in [-0.25, -0.2) is 4.79 Å². The minimum atomic E-state index is -5.06. The molecule has 1 aliphatic rings. The highest BCUT2D eigenvalue weighted by molar-refractivity contribution is 5.90. The van der Waals surface area contributed by atoms with Crippen molar-refractivity contribution in [2.45, 2.75) is 38.4 Å². The Morgan fingerprint density at radius 3 is 2.11 bits per heavy atom. The summed E-state index contributed by atoms with van der Waals surface area (Å²) in [6, 6.07) is 0. The Morgan fingerprint density at radius 1 is 1.26 bits per heavy atom. The van der Waals surface area contributed by atoms with Gasteiger partial charge in [0.1, 0.15) is 0 Å². The molecule has 0 saturated carbocycles. The van der Waals surface area contributed by atoms with Crippen LogP contribution in [0.1, 0.15) is 26.7 Å². The van der Waals surface area contributed by atoms with Gasteiger partial charge in [-0.05, 0) is 32.9 Å². The predicted octanol–water partition coefficient (Wildman–Crippen LogP) is 0.898. The fourth-order valence-electron chi connectivity index (χ4n) is 1.83. The van der Waals surface area contributed by atoms with Gasteiger partial charge in [0.05, 0.1) is 0 Å². The number of carbonyl (C=O) groups excluding carboxylic acids is 1. The topological polar surface area (TPSA) is 78.4 Å². The summed E-state index contributed by atoms with van der Waals surface area (Å²) in [4.78, 5) is 22.8. The molecule has 1 aliphatic heterocycles. The van der Waals surface area contributed by atoms with Gasteiger partial charge in [-0.15, -0.1) is 0 Å². The number of halogens is 3. The van der Waals surface area contributed by atoms with E-state index in [-0.39, 0.29) is 0 Å². The number of piperidine rings is 1. The van der Waals surface area contributed by atoms with E-state index in [1.807, 2.05) is 0 Å². The van der Waals surface area contributed by atoms with Crippen LogP contribution < -0.4 is 10.6 Å². The van der Waals surface area contributed by atoms with Gasteiger partial charge in [-0.1, -0.05) is 6.92 Å². The monoisotopic (exact) mass is 282 g/mol.